The highest BCUT2D eigenvalue weighted by atomic mass is 16.5. The Hall–Kier alpha value is -1.15. The van der Waals surface area contributed by atoms with Crippen molar-refractivity contribution in [1.29, 1.82) is 0 Å². The summed E-state index contributed by atoms with van der Waals surface area (Å²) in [5, 5.41) is 0. The molecule has 2 heteroatoms. The smallest absolute Gasteiger partial charge is 0.191 e. The maximum Gasteiger partial charge on any atom is 0.191 e. The van der Waals surface area contributed by atoms with Crippen molar-refractivity contribution < 1.29 is 9.53 Å². The van der Waals surface area contributed by atoms with Gasteiger partial charge >= 0.3 is 0 Å². The van der Waals surface area contributed by atoms with Crippen molar-refractivity contribution in [3.8, 4) is 0 Å². The Kier molecular flexibility index (Phi) is 7.42. The molecule has 0 aliphatic heterocycles. The summed E-state index contributed by atoms with van der Waals surface area (Å²) in [5.74, 6) is 0.0816. The molecule has 0 aliphatic rings. The fourth-order valence-corrected chi connectivity index (χ4v) is 2.00. The number of ketones is 1. The largest absolute Gasteiger partial charge is 0.370 e. The van der Waals surface area contributed by atoms with Gasteiger partial charge in [0.1, 0.15) is 6.10 Å². The minimum Gasteiger partial charge on any atom is -0.370 e. The predicted octanol–water partition coefficient (Wildman–Crippen LogP) is 4.42. The average molecular weight is 262 g/mol. The molecule has 0 N–H and O–H groups in total. The molecule has 0 heterocycles. The van der Waals surface area contributed by atoms with E-state index in [1.54, 1.807) is 0 Å². The molecule has 1 aromatic carbocycles. The SMILES string of the molecule is CCCCCCOC(C)C(=O)c1ccc(CC)cc1. The van der Waals surface area contributed by atoms with Crippen LogP contribution in [0.2, 0.25) is 0 Å². The van der Waals surface area contributed by atoms with Crippen LogP contribution in [0.1, 0.15) is 62.4 Å². The van der Waals surface area contributed by atoms with Gasteiger partial charge in [0.2, 0.25) is 0 Å². The monoisotopic (exact) mass is 262 g/mol. The average Bonchev–Trinajstić information content (AvgIpc) is 2.46. The second kappa shape index (κ2) is 8.87. The van der Waals surface area contributed by atoms with E-state index in [4.69, 9.17) is 4.74 Å². The van der Waals surface area contributed by atoms with Crippen LogP contribution in [0.25, 0.3) is 0 Å². The van der Waals surface area contributed by atoms with Gasteiger partial charge in [0.05, 0.1) is 0 Å². The fourth-order valence-electron chi connectivity index (χ4n) is 2.00. The van der Waals surface area contributed by atoms with Crippen LogP contribution in [-0.4, -0.2) is 18.5 Å². The molecule has 1 unspecified atom stereocenters. The lowest BCUT2D eigenvalue weighted by Gasteiger charge is -2.12. The normalized spacial score (nSPS) is 12.4. The zero-order valence-electron chi connectivity index (χ0n) is 12.4. The Bertz CT molecular complexity index is 367. The summed E-state index contributed by atoms with van der Waals surface area (Å²) >= 11 is 0. The topological polar surface area (TPSA) is 26.3 Å². The number of carbonyl (C=O) groups excluding carboxylic acids is 1. The highest BCUT2D eigenvalue weighted by Gasteiger charge is 2.15. The zero-order valence-corrected chi connectivity index (χ0v) is 12.4. The molecule has 1 atom stereocenters. The summed E-state index contributed by atoms with van der Waals surface area (Å²) in [6, 6.07) is 7.83. The van der Waals surface area contributed by atoms with Gasteiger partial charge in [-0.3, -0.25) is 4.79 Å². The molecule has 0 saturated carbocycles. The van der Waals surface area contributed by atoms with E-state index in [1.807, 2.05) is 31.2 Å². The van der Waals surface area contributed by atoms with Crippen molar-refractivity contribution in [3.63, 3.8) is 0 Å². The molecule has 0 fully saturated rings. The first-order chi connectivity index (χ1) is 9.19. The van der Waals surface area contributed by atoms with Crippen molar-refractivity contribution in [2.45, 2.75) is 59.0 Å². The zero-order chi connectivity index (χ0) is 14.1. The number of hydrogen-bond acceptors (Lipinski definition) is 2. The number of Topliss-reactive ketones (excluding diaryl/α,β-unsaturated/α-hetero) is 1. The number of aryl methyl sites for hydroxylation is 1. The van der Waals surface area contributed by atoms with Crippen molar-refractivity contribution in [2.24, 2.45) is 0 Å². The van der Waals surface area contributed by atoms with E-state index in [1.165, 1.54) is 24.8 Å². The number of rotatable bonds is 9. The molecular weight excluding hydrogens is 236 g/mol. The van der Waals surface area contributed by atoms with Crippen molar-refractivity contribution in [3.05, 3.63) is 35.4 Å². The van der Waals surface area contributed by atoms with Gasteiger partial charge < -0.3 is 4.74 Å². The van der Waals surface area contributed by atoms with Crippen molar-refractivity contribution in [1.82, 2.24) is 0 Å². The molecule has 0 radical (unpaired) electrons. The van der Waals surface area contributed by atoms with Crippen LogP contribution in [0.4, 0.5) is 0 Å². The van der Waals surface area contributed by atoms with E-state index in [2.05, 4.69) is 13.8 Å². The number of ether oxygens (including phenoxy) is 1. The maximum absolute atomic E-state index is 12.1. The summed E-state index contributed by atoms with van der Waals surface area (Å²) in [7, 11) is 0. The molecule has 0 aliphatic carbocycles. The van der Waals surface area contributed by atoms with Gasteiger partial charge in [0.15, 0.2) is 5.78 Å². The molecular formula is C17H26O2. The van der Waals surface area contributed by atoms with Crippen LogP contribution >= 0.6 is 0 Å². The predicted molar refractivity (Wildman–Crippen MR) is 79.7 cm³/mol. The Morgan fingerprint density at radius 2 is 1.79 bits per heavy atom. The fraction of sp³-hybridized carbons (Fsp3) is 0.588. The minimum atomic E-state index is -0.339. The molecule has 0 amide bonds. The van der Waals surface area contributed by atoms with E-state index in [0.29, 0.717) is 6.61 Å². The number of unbranched alkanes of at least 4 members (excludes halogenated alkanes) is 3. The summed E-state index contributed by atoms with van der Waals surface area (Å²) in [6.07, 6.45) is 5.34. The minimum absolute atomic E-state index is 0.0816. The summed E-state index contributed by atoms with van der Waals surface area (Å²) < 4.78 is 5.61. The molecule has 0 aromatic heterocycles. The van der Waals surface area contributed by atoms with Crippen LogP contribution in [0.5, 0.6) is 0 Å². The summed E-state index contributed by atoms with van der Waals surface area (Å²) in [4.78, 5) is 12.1. The second-order valence-electron chi connectivity index (χ2n) is 4.99. The molecule has 0 saturated heterocycles. The van der Waals surface area contributed by atoms with E-state index in [0.717, 1.165) is 18.4 Å². The van der Waals surface area contributed by atoms with Crippen LogP contribution in [0.15, 0.2) is 24.3 Å². The number of hydrogen-bond donors (Lipinski definition) is 0. The van der Waals surface area contributed by atoms with E-state index in [9.17, 15) is 4.79 Å². The molecule has 0 bridgehead atoms. The van der Waals surface area contributed by atoms with Gasteiger partial charge in [-0.15, -0.1) is 0 Å². The highest BCUT2D eigenvalue weighted by Crippen LogP contribution is 2.10. The molecule has 19 heavy (non-hydrogen) atoms. The third-order valence-electron chi connectivity index (χ3n) is 3.38. The maximum atomic E-state index is 12.1. The highest BCUT2D eigenvalue weighted by molar-refractivity contribution is 5.99. The Labute approximate surface area is 117 Å². The first kappa shape index (κ1) is 15.9. The lowest BCUT2D eigenvalue weighted by Crippen LogP contribution is -2.21. The van der Waals surface area contributed by atoms with Crippen LogP contribution in [0.3, 0.4) is 0 Å². The van der Waals surface area contributed by atoms with E-state index < -0.39 is 0 Å². The van der Waals surface area contributed by atoms with Gasteiger partial charge in [0.25, 0.3) is 0 Å². The molecule has 106 valence electrons. The number of carbonyl (C=O) groups is 1. The standard InChI is InChI=1S/C17H26O2/c1-4-6-7-8-13-19-14(3)17(18)16-11-9-15(5-2)10-12-16/h9-12,14H,4-8,13H2,1-3H3. The quantitative estimate of drug-likeness (QED) is 0.486. The van der Waals surface area contributed by atoms with Crippen molar-refractivity contribution in [2.75, 3.05) is 6.61 Å². The third kappa shape index (κ3) is 5.56. The first-order valence-corrected chi connectivity index (χ1v) is 7.43. The van der Waals surface area contributed by atoms with E-state index >= 15 is 0 Å². The third-order valence-corrected chi connectivity index (χ3v) is 3.38. The van der Waals surface area contributed by atoms with Gasteiger partial charge in [0, 0.05) is 12.2 Å². The lowest BCUT2D eigenvalue weighted by atomic mass is 10.0. The van der Waals surface area contributed by atoms with Gasteiger partial charge in [-0.2, -0.15) is 0 Å². The molecule has 2 nitrogen and oxygen atoms in total. The molecule has 1 aromatic rings. The second-order valence-corrected chi connectivity index (χ2v) is 4.99. The van der Waals surface area contributed by atoms with Gasteiger partial charge in [-0.1, -0.05) is 57.4 Å². The Morgan fingerprint density at radius 1 is 1.11 bits per heavy atom. The molecule has 0 spiro atoms. The van der Waals surface area contributed by atoms with Crippen molar-refractivity contribution >= 4 is 5.78 Å². The number of benzene rings is 1. The molecule has 1 rings (SSSR count). The summed E-state index contributed by atoms with van der Waals surface area (Å²) in [5.41, 5.74) is 2.00. The van der Waals surface area contributed by atoms with Gasteiger partial charge in [-0.05, 0) is 25.3 Å². The van der Waals surface area contributed by atoms with Crippen LogP contribution < -0.4 is 0 Å². The first-order valence-electron chi connectivity index (χ1n) is 7.43. The summed E-state index contributed by atoms with van der Waals surface area (Å²) in [6.45, 7) is 6.82. The van der Waals surface area contributed by atoms with Crippen LogP contribution in [0, 0.1) is 0 Å². The Morgan fingerprint density at radius 3 is 2.37 bits per heavy atom. The lowest BCUT2D eigenvalue weighted by molar-refractivity contribution is 0.0464. The Balaban J connectivity index is 2.38. The van der Waals surface area contributed by atoms with E-state index in [-0.39, 0.29) is 11.9 Å². The van der Waals surface area contributed by atoms with Gasteiger partial charge in [-0.25, -0.2) is 0 Å². The van der Waals surface area contributed by atoms with Crippen LogP contribution in [-0.2, 0) is 11.2 Å².